The number of hydrogen-bond acceptors (Lipinski definition) is 1. The van der Waals surface area contributed by atoms with Crippen molar-refractivity contribution in [2.45, 2.75) is 0 Å². The van der Waals surface area contributed by atoms with Gasteiger partial charge in [0.05, 0.1) is 5.02 Å². The quantitative estimate of drug-likeness (QED) is 0.728. The zero-order chi connectivity index (χ0) is 8.27. The minimum Gasteiger partial charge on any atom is -0.264 e. The van der Waals surface area contributed by atoms with Crippen LogP contribution in [0.4, 0.5) is 4.39 Å². The minimum absolute atomic E-state index is 0.465. The van der Waals surface area contributed by atoms with Crippen molar-refractivity contribution in [2.24, 2.45) is 0 Å². The molecule has 1 aromatic heterocycles. The van der Waals surface area contributed by atoms with Crippen LogP contribution >= 0.6 is 27.5 Å². The Morgan fingerprint density at radius 1 is 1.73 bits per heavy atom. The zero-order valence-electron chi connectivity index (χ0n) is 5.39. The molecule has 1 heterocycles. The van der Waals surface area contributed by atoms with Crippen LogP contribution in [0.3, 0.4) is 0 Å². The highest BCUT2D eigenvalue weighted by Crippen LogP contribution is 2.19. The summed E-state index contributed by atoms with van der Waals surface area (Å²) in [4.78, 5) is 3.78. The van der Waals surface area contributed by atoms with Gasteiger partial charge in [0, 0.05) is 18.0 Å². The van der Waals surface area contributed by atoms with E-state index in [0.29, 0.717) is 10.6 Å². The molecule has 58 valence electrons. The van der Waals surface area contributed by atoms with E-state index >= 15 is 0 Å². The fourth-order valence-corrected chi connectivity index (χ4v) is 1.02. The van der Waals surface area contributed by atoms with Gasteiger partial charge in [-0.3, -0.25) is 4.98 Å². The van der Waals surface area contributed by atoms with E-state index in [-0.39, 0.29) is 0 Å². The van der Waals surface area contributed by atoms with Crippen LogP contribution < -0.4 is 0 Å². The molecule has 0 bridgehead atoms. The molecule has 0 aliphatic carbocycles. The van der Waals surface area contributed by atoms with Gasteiger partial charge < -0.3 is 0 Å². The van der Waals surface area contributed by atoms with Crippen LogP contribution in [0.25, 0.3) is 6.08 Å². The maximum Gasteiger partial charge on any atom is 0.166 e. The predicted octanol–water partition coefficient (Wildman–Crippen LogP) is 3.40. The van der Waals surface area contributed by atoms with E-state index in [1.165, 1.54) is 12.3 Å². The monoisotopic (exact) mass is 235 g/mol. The van der Waals surface area contributed by atoms with E-state index in [9.17, 15) is 4.39 Å². The highest BCUT2D eigenvalue weighted by Gasteiger charge is 1.96. The Hall–Kier alpha value is -0.410. The molecule has 0 spiro atoms. The van der Waals surface area contributed by atoms with Crippen molar-refractivity contribution >= 4 is 33.6 Å². The van der Waals surface area contributed by atoms with Crippen molar-refractivity contribution in [3.8, 4) is 0 Å². The van der Waals surface area contributed by atoms with Gasteiger partial charge in [0.15, 0.2) is 4.74 Å². The SMILES string of the molecule is F/C(Br)=C\c1cnccc1Cl. The molecular formula is C7H4BrClFN. The van der Waals surface area contributed by atoms with Crippen molar-refractivity contribution in [3.63, 3.8) is 0 Å². The Bertz CT molecular complexity index is 284. The number of pyridine rings is 1. The van der Waals surface area contributed by atoms with Crippen molar-refractivity contribution in [3.05, 3.63) is 33.8 Å². The fraction of sp³-hybridized carbons (Fsp3) is 0. The summed E-state index contributed by atoms with van der Waals surface area (Å²) in [6.07, 6.45) is 4.30. The van der Waals surface area contributed by atoms with E-state index < -0.39 is 4.74 Å². The summed E-state index contributed by atoms with van der Waals surface area (Å²) < 4.78 is 11.8. The van der Waals surface area contributed by atoms with Gasteiger partial charge in [0.25, 0.3) is 0 Å². The van der Waals surface area contributed by atoms with Gasteiger partial charge in [-0.25, -0.2) is 0 Å². The van der Waals surface area contributed by atoms with E-state index in [0.717, 1.165) is 0 Å². The topological polar surface area (TPSA) is 12.9 Å². The molecule has 1 rings (SSSR count). The second-order valence-corrected chi connectivity index (χ2v) is 3.00. The number of rotatable bonds is 1. The van der Waals surface area contributed by atoms with E-state index in [4.69, 9.17) is 11.6 Å². The van der Waals surface area contributed by atoms with E-state index in [2.05, 4.69) is 20.9 Å². The van der Waals surface area contributed by atoms with Crippen LogP contribution in [-0.2, 0) is 0 Å². The number of halogens is 3. The first-order chi connectivity index (χ1) is 5.20. The summed E-state index contributed by atoms with van der Waals surface area (Å²) in [6, 6.07) is 1.60. The van der Waals surface area contributed by atoms with Crippen LogP contribution in [0.15, 0.2) is 23.2 Å². The number of hydrogen-bond donors (Lipinski definition) is 0. The lowest BCUT2D eigenvalue weighted by molar-refractivity contribution is 0.711. The van der Waals surface area contributed by atoms with Crippen LogP contribution in [0.1, 0.15) is 5.56 Å². The van der Waals surface area contributed by atoms with Crippen molar-refractivity contribution in [1.29, 1.82) is 0 Å². The minimum atomic E-state index is -0.465. The second-order valence-electron chi connectivity index (χ2n) is 1.83. The van der Waals surface area contributed by atoms with Gasteiger partial charge >= 0.3 is 0 Å². The third-order valence-electron chi connectivity index (χ3n) is 1.06. The number of nitrogens with zero attached hydrogens (tertiary/aromatic N) is 1. The van der Waals surface area contributed by atoms with Gasteiger partial charge in [-0.2, -0.15) is 4.39 Å². The summed E-state index contributed by atoms with van der Waals surface area (Å²) in [6.45, 7) is 0. The second kappa shape index (κ2) is 3.83. The first-order valence-corrected chi connectivity index (χ1v) is 3.99. The third-order valence-corrected chi connectivity index (χ3v) is 1.63. The Morgan fingerprint density at radius 3 is 3.00 bits per heavy atom. The molecular weight excluding hydrogens is 232 g/mol. The van der Waals surface area contributed by atoms with Gasteiger partial charge in [-0.1, -0.05) is 11.6 Å². The lowest BCUT2D eigenvalue weighted by Gasteiger charge is -1.93. The molecule has 0 atom stereocenters. The van der Waals surface area contributed by atoms with Crippen LogP contribution in [0, 0.1) is 0 Å². The van der Waals surface area contributed by atoms with Crippen LogP contribution in [0.2, 0.25) is 5.02 Å². The van der Waals surface area contributed by atoms with Gasteiger partial charge in [0.2, 0.25) is 0 Å². The normalized spacial score (nSPS) is 11.7. The Labute approximate surface area is 77.0 Å². The summed E-state index contributed by atoms with van der Waals surface area (Å²) >= 11 is 8.35. The third kappa shape index (κ3) is 2.60. The molecule has 0 N–H and O–H groups in total. The van der Waals surface area contributed by atoms with Crippen molar-refractivity contribution in [2.75, 3.05) is 0 Å². The largest absolute Gasteiger partial charge is 0.264 e. The maximum atomic E-state index is 12.3. The zero-order valence-corrected chi connectivity index (χ0v) is 7.73. The maximum absolute atomic E-state index is 12.3. The molecule has 0 saturated heterocycles. The standard InChI is InChI=1S/C7H4BrClFN/c8-7(10)3-5-4-11-2-1-6(5)9/h1-4H/b7-3-. The summed E-state index contributed by atoms with van der Waals surface area (Å²) in [5.74, 6) is 0. The van der Waals surface area contributed by atoms with Crippen LogP contribution in [0.5, 0.6) is 0 Å². The molecule has 11 heavy (non-hydrogen) atoms. The van der Waals surface area contributed by atoms with Gasteiger partial charge in [-0.15, -0.1) is 0 Å². The Kier molecular flexibility index (Phi) is 3.02. The van der Waals surface area contributed by atoms with Crippen molar-refractivity contribution in [1.82, 2.24) is 4.98 Å². The van der Waals surface area contributed by atoms with Gasteiger partial charge in [-0.05, 0) is 28.1 Å². The molecule has 0 unspecified atom stereocenters. The Balaban J connectivity index is 3.04. The average Bonchev–Trinajstić information content (AvgIpc) is 1.93. The molecule has 0 saturated carbocycles. The Morgan fingerprint density at radius 2 is 2.45 bits per heavy atom. The van der Waals surface area contributed by atoms with E-state index in [1.807, 2.05) is 0 Å². The molecule has 1 aromatic rings. The number of aromatic nitrogens is 1. The fourth-order valence-electron chi connectivity index (χ4n) is 0.613. The molecule has 0 radical (unpaired) electrons. The summed E-state index contributed by atoms with van der Waals surface area (Å²) in [7, 11) is 0. The first kappa shape index (κ1) is 8.68. The molecule has 0 amide bonds. The molecule has 0 aliphatic rings. The summed E-state index contributed by atoms with van der Waals surface area (Å²) in [5, 5.41) is 0.481. The molecule has 1 nitrogen and oxygen atoms in total. The highest BCUT2D eigenvalue weighted by molar-refractivity contribution is 9.11. The van der Waals surface area contributed by atoms with E-state index in [1.54, 1.807) is 12.3 Å². The highest BCUT2D eigenvalue weighted by atomic mass is 79.9. The molecule has 0 aromatic carbocycles. The smallest absolute Gasteiger partial charge is 0.166 e. The average molecular weight is 236 g/mol. The lowest BCUT2D eigenvalue weighted by atomic mass is 10.3. The first-order valence-electron chi connectivity index (χ1n) is 2.82. The predicted molar refractivity (Wildman–Crippen MR) is 47.3 cm³/mol. The lowest BCUT2D eigenvalue weighted by Crippen LogP contribution is -1.76. The molecule has 0 aliphatic heterocycles. The summed E-state index contributed by atoms with van der Waals surface area (Å²) in [5.41, 5.74) is 0.559. The molecule has 0 fully saturated rings. The van der Waals surface area contributed by atoms with Crippen LogP contribution in [-0.4, -0.2) is 4.98 Å². The van der Waals surface area contributed by atoms with Gasteiger partial charge in [0.1, 0.15) is 0 Å². The van der Waals surface area contributed by atoms with Crippen molar-refractivity contribution < 1.29 is 4.39 Å². The molecule has 4 heteroatoms.